The van der Waals surface area contributed by atoms with Crippen molar-refractivity contribution in [1.29, 1.82) is 0 Å². The Bertz CT molecular complexity index is 602. The van der Waals surface area contributed by atoms with E-state index in [2.05, 4.69) is 22.2 Å². The van der Waals surface area contributed by atoms with Crippen LogP contribution in [0.15, 0.2) is 27.4 Å². The average Bonchev–Trinajstić information content (AvgIpc) is 2.68. The number of aromatic amines is 1. The third-order valence-electron chi connectivity index (χ3n) is 3.41. The number of rotatable bonds is 2. The summed E-state index contributed by atoms with van der Waals surface area (Å²) in [5.41, 5.74) is 2.38. The van der Waals surface area contributed by atoms with E-state index in [-0.39, 0.29) is 0 Å². The highest BCUT2D eigenvalue weighted by atomic mass is 16.4. The molecule has 0 saturated carbocycles. The van der Waals surface area contributed by atoms with Gasteiger partial charge in [-0.05, 0) is 44.6 Å². The largest absolute Gasteiger partial charge is 0.417 e. The fraction of sp³-hybridized carbons (Fsp3) is 0.462. The van der Waals surface area contributed by atoms with Crippen LogP contribution in [0.3, 0.4) is 0 Å². The minimum Gasteiger partial charge on any atom is -0.408 e. The molecule has 1 aliphatic heterocycles. The number of piperidine rings is 1. The number of likely N-dealkylation sites (N-methyl/N-ethyl adjacent to an activating group) is 1. The van der Waals surface area contributed by atoms with Crippen molar-refractivity contribution in [3.8, 4) is 0 Å². The second kappa shape index (κ2) is 4.49. The SMILES string of the molecule is CN1CCCC(Nc2ccc3oc(=O)[nH]c3c2)C1. The number of anilines is 1. The monoisotopic (exact) mass is 247 g/mol. The average molecular weight is 247 g/mol. The molecule has 18 heavy (non-hydrogen) atoms. The molecule has 1 aromatic carbocycles. The molecule has 0 amide bonds. The van der Waals surface area contributed by atoms with Gasteiger partial charge in [-0.1, -0.05) is 0 Å². The second-order valence-electron chi connectivity index (χ2n) is 4.97. The Morgan fingerprint density at radius 1 is 1.50 bits per heavy atom. The van der Waals surface area contributed by atoms with Gasteiger partial charge < -0.3 is 14.6 Å². The number of nitrogens with zero attached hydrogens (tertiary/aromatic N) is 1. The summed E-state index contributed by atoms with van der Waals surface area (Å²) in [7, 11) is 2.14. The number of aromatic nitrogens is 1. The highest BCUT2D eigenvalue weighted by molar-refractivity contribution is 5.76. The lowest BCUT2D eigenvalue weighted by Crippen LogP contribution is -2.39. The highest BCUT2D eigenvalue weighted by Gasteiger charge is 2.16. The van der Waals surface area contributed by atoms with Gasteiger partial charge in [0.1, 0.15) is 0 Å². The maximum atomic E-state index is 11.1. The van der Waals surface area contributed by atoms with E-state index in [1.54, 1.807) is 0 Å². The number of likely N-dealkylation sites (tertiary alicyclic amines) is 1. The highest BCUT2D eigenvalue weighted by Crippen LogP contribution is 2.19. The molecule has 2 heterocycles. The van der Waals surface area contributed by atoms with E-state index in [0.29, 0.717) is 11.6 Å². The van der Waals surface area contributed by atoms with E-state index in [0.717, 1.165) is 17.7 Å². The number of benzene rings is 1. The van der Waals surface area contributed by atoms with Crippen LogP contribution >= 0.6 is 0 Å². The molecule has 0 bridgehead atoms. The quantitative estimate of drug-likeness (QED) is 0.846. The first kappa shape index (κ1) is 11.3. The first-order valence-corrected chi connectivity index (χ1v) is 6.29. The summed E-state index contributed by atoms with van der Waals surface area (Å²) in [5.74, 6) is -0.403. The molecule has 1 unspecified atom stereocenters. The molecule has 1 aromatic heterocycles. The van der Waals surface area contributed by atoms with Crippen LogP contribution in [0, 0.1) is 0 Å². The van der Waals surface area contributed by atoms with E-state index in [1.165, 1.54) is 19.4 Å². The summed E-state index contributed by atoms with van der Waals surface area (Å²) < 4.78 is 4.98. The maximum absolute atomic E-state index is 11.1. The summed E-state index contributed by atoms with van der Waals surface area (Å²) in [6.45, 7) is 2.23. The second-order valence-corrected chi connectivity index (χ2v) is 4.97. The van der Waals surface area contributed by atoms with Gasteiger partial charge in [0.15, 0.2) is 5.58 Å². The van der Waals surface area contributed by atoms with Crippen LogP contribution in [-0.4, -0.2) is 36.1 Å². The molecule has 1 aliphatic rings. The van der Waals surface area contributed by atoms with Crippen molar-refractivity contribution >= 4 is 16.8 Å². The van der Waals surface area contributed by atoms with Crippen LogP contribution in [-0.2, 0) is 0 Å². The van der Waals surface area contributed by atoms with E-state index in [1.807, 2.05) is 18.2 Å². The summed E-state index contributed by atoms with van der Waals surface area (Å²) in [6, 6.07) is 6.17. The fourth-order valence-corrected chi connectivity index (χ4v) is 2.56. The predicted octanol–water partition coefficient (Wildman–Crippen LogP) is 1.63. The van der Waals surface area contributed by atoms with Gasteiger partial charge in [0.2, 0.25) is 0 Å². The van der Waals surface area contributed by atoms with Crippen molar-refractivity contribution in [2.24, 2.45) is 0 Å². The van der Waals surface area contributed by atoms with Crippen molar-refractivity contribution in [3.05, 3.63) is 28.7 Å². The van der Waals surface area contributed by atoms with Gasteiger partial charge in [-0.25, -0.2) is 4.79 Å². The summed E-state index contributed by atoms with van der Waals surface area (Å²) in [6.07, 6.45) is 2.41. The smallest absolute Gasteiger partial charge is 0.408 e. The minimum atomic E-state index is -0.403. The molecule has 3 rings (SSSR count). The van der Waals surface area contributed by atoms with E-state index < -0.39 is 5.76 Å². The standard InChI is InChI=1S/C13H17N3O2/c1-16-6-2-3-10(8-16)14-9-4-5-12-11(7-9)15-13(17)18-12/h4-5,7,10,14H,2-3,6,8H2,1H3,(H,15,17). The lowest BCUT2D eigenvalue weighted by atomic mass is 10.1. The number of H-pyrrole nitrogens is 1. The predicted molar refractivity (Wildman–Crippen MR) is 71.0 cm³/mol. The van der Waals surface area contributed by atoms with Gasteiger partial charge in [0.25, 0.3) is 0 Å². The maximum Gasteiger partial charge on any atom is 0.417 e. The molecule has 0 spiro atoms. The minimum absolute atomic E-state index is 0.403. The van der Waals surface area contributed by atoms with Crippen LogP contribution in [0.5, 0.6) is 0 Å². The number of hydrogen-bond donors (Lipinski definition) is 2. The van der Waals surface area contributed by atoms with Crippen LogP contribution in [0.1, 0.15) is 12.8 Å². The molecule has 1 fully saturated rings. The molecule has 96 valence electrons. The first-order chi connectivity index (χ1) is 8.70. The fourth-order valence-electron chi connectivity index (χ4n) is 2.56. The first-order valence-electron chi connectivity index (χ1n) is 6.29. The van der Waals surface area contributed by atoms with Gasteiger partial charge in [-0.3, -0.25) is 4.98 Å². The van der Waals surface area contributed by atoms with Gasteiger partial charge in [-0.2, -0.15) is 0 Å². The molecule has 0 aliphatic carbocycles. The summed E-state index contributed by atoms with van der Waals surface area (Å²) in [4.78, 5) is 16.1. The molecule has 0 radical (unpaired) electrons. The van der Waals surface area contributed by atoms with Gasteiger partial charge in [0.05, 0.1) is 5.52 Å². The molecular weight excluding hydrogens is 230 g/mol. The van der Waals surface area contributed by atoms with Crippen LogP contribution < -0.4 is 11.1 Å². The molecule has 2 aromatic rings. The Kier molecular flexibility index (Phi) is 2.83. The Morgan fingerprint density at radius 2 is 2.39 bits per heavy atom. The molecular formula is C13H17N3O2. The van der Waals surface area contributed by atoms with E-state index in [4.69, 9.17) is 4.42 Å². The van der Waals surface area contributed by atoms with Crippen molar-refractivity contribution in [2.75, 3.05) is 25.5 Å². The Balaban J connectivity index is 1.79. The Labute approximate surface area is 105 Å². The zero-order valence-electron chi connectivity index (χ0n) is 10.4. The van der Waals surface area contributed by atoms with Crippen molar-refractivity contribution in [3.63, 3.8) is 0 Å². The Hall–Kier alpha value is -1.75. The zero-order chi connectivity index (χ0) is 12.5. The normalized spacial score (nSPS) is 21.3. The van der Waals surface area contributed by atoms with Crippen LogP contribution in [0.25, 0.3) is 11.1 Å². The van der Waals surface area contributed by atoms with Crippen LogP contribution in [0.4, 0.5) is 5.69 Å². The third kappa shape index (κ3) is 2.26. The van der Waals surface area contributed by atoms with E-state index >= 15 is 0 Å². The number of nitrogens with one attached hydrogen (secondary N) is 2. The number of oxazole rings is 1. The van der Waals surface area contributed by atoms with Crippen molar-refractivity contribution in [2.45, 2.75) is 18.9 Å². The lowest BCUT2D eigenvalue weighted by molar-refractivity contribution is 0.261. The molecule has 2 N–H and O–H groups in total. The molecule has 5 nitrogen and oxygen atoms in total. The van der Waals surface area contributed by atoms with Gasteiger partial charge >= 0.3 is 5.76 Å². The van der Waals surface area contributed by atoms with Gasteiger partial charge in [-0.15, -0.1) is 0 Å². The van der Waals surface area contributed by atoms with Crippen molar-refractivity contribution in [1.82, 2.24) is 9.88 Å². The van der Waals surface area contributed by atoms with E-state index in [9.17, 15) is 4.79 Å². The molecule has 5 heteroatoms. The zero-order valence-corrected chi connectivity index (χ0v) is 10.4. The number of fused-ring (bicyclic) bond motifs is 1. The summed E-state index contributed by atoms with van der Waals surface area (Å²) >= 11 is 0. The third-order valence-corrected chi connectivity index (χ3v) is 3.41. The Morgan fingerprint density at radius 3 is 3.22 bits per heavy atom. The topological polar surface area (TPSA) is 61.3 Å². The van der Waals surface area contributed by atoms with Crippen molar-refractivity contribution < 1.29 is 4.42 Å². The van der Waals surface area contributed by atoms with Crippen LogP contribution in [0.2, 0.25) is 0 Å². The van der Waals surface area contributed by atoms with Gasteiger partial charge in [0, 0.05) is 18.3 Å². The molecule has 1 atom stereocenters. The summed E-state index contributed by atoms with van der Waals surface area (Å²) in [5, 5.41) is 3.51. The lowest BCUT2D eigenvalue weighted by Gasteiger charge is -2.30. The molecule has 1 saturated heterocycles. The number of hydrogen-bond acceptors (Lipinski definition) is 4.